The van der Waals surface area contributed by atoms with E-state index >= 15 is 0 Å². The van der Waals surface area contributed by atoms with Crippen molar-refractivity contribution in [2.24, 2.45) is 0 Å². The van der Waals surface area contributed by atoms with E-state index in [1.807, 2.05) is 44.2 Å². The first-order chi connectivity index (χ1) is 9.69. The molecule has 0 aliphatic heterocycles. The third kappa shape index (κ3) is 3.06. The second-order valence-electron chi connectivity index (χ2n) is 4.83. The number of benzene rings is 2. The Morgan fingerprint density at radius 1 is 1.05 bits per heavy atom. The first-order valence-corrected chi connectivity index (χ1v) is 6.66. The Labute approximate surface area is 119 Å². The summed E-state index contributed by atoms with van der Waals surface area (Å²) in [5, 5.41) is 0. The van der Waals surface area contributed by atoms with Crippen LogP contribution in [0.1, 0.15) is 25.8 Å². The van der Waals surface area contributed by atoms with Gasteiger partial charge in [0, 0.05) is 0 Å². The highest BCUT2D eigenvalue weighted by atomic mass is 16.7. The van der Waals surface area contributed by atoms with Gasteiger partial charge in [0.2, 0.25) is 0 Å². The molecular weight excluding hydrogens is 250 g/mol. The monoisotopic (exact) mass is 268 g/mol. The minimum Gasteiger partial charge on any atom is -0.262 e. The molecule has 0 spiro atoms. The Bertz CT molecular complexity index is 551. The van der Waals surface area contributed by atoms with Crippen LogP contribution in [0.4, 0.5) is 0 Å². The van der Waals surface area contributed by atoms with Crippen molar-refractivity contribution < 1.29 is 9.63 Å². The Balaban J connectivity index is 2.25. The van der Waals surface area contributed by atoms with Gasteiger partial charge in [-0.15, -0.1) is 0 Å². The SMILES string of the molecule is CCC(C)(ON[C]=O)c1ccc(-c2ccccc2)cc1. The predicted molar refractivity (Wildman–Crippen MR) is 79.4 cm³/mol. The first-order valence-electron chi connectivity index (χ1n) is 6.66. The van der Waals surface area contributed by atoms with Gasteiger partial charge in [-0.25, -0.2) is 5.48 Å². The van der Waals surface area contributed by atoms with Crippen LogP contribution in [-0.2, 0) is 15.2 Å². The maximum absolute atomic E-state index is 10.3. The van der Waals surface area contributed by atoms with Crippen molar-refractivity contribution in [1.82, 2.24) is 5.48 Å². The van der Waals surface area contributed by atoms with E-state index in [-0.39, 0.29) is 0 Å². The van der Waals surface area contributed by atoms with Crippen molar-refractivity contribution in [3.63, 3.8) is 0 Å². The smallest absolute Gasteiger partial charge is 0.262 e. The van der Waals surface area contributed by atoms with Crippen molar-refractivity contribution in [3.8, 4) is 11.1 Å². The number of nitrogens with one attached hydrogen (secondary N) is 1. The van der Waals surface area contributed by atoms with E-state index < -0.39 is 5.60 Å². The van der Waals surface area contributed by atoms with Crippen LogP contribution in [-0.4, -0.2) is 6.41 Å². The third-order valence-corrected chi connectivity index (χ3v) is 3.60. The summed E-state index contributed by atoms with van der Waals surface area (Å²) in [6.07, 6.45) is 2.28. The molecule has 1 amide bonds. The molecule has 2 aromatic rings. The fraction of sp³-hybridized carbons (Fsp3) is 0.235. The van der Waals surface area contributed by atoms with Crippen LogP contribution in [0, 0.1) is 0 Å². The first kappa shape index (κ1) is 14.3. The second kappa shape index (κ2) is 6.35. The van der Waals surface area contributed by atoms with E-state index in [9.17, 15) is 4.79 Å². The van der Waals surface area contributed by atoms with Crippen molar-refractivity contribution >= 4 is 6.41 Å². The molecule has 3 heteroatoms. The molecule has 0 fully saturated rings. The van der Waals surface area contributed by atoms with Gasteiger partial charge in [-0.3, -0.25) is 9.63 Å². The van der Waals surface area contributed by atoms with Gasteiger partial charge in [0.25, 0.3) is 0 Å². The lowest BCUT2D eigenvalue weighted by Gasteiger charge is -2.27. The standard InChI is InChI=1S/C17H18NO2/c1-3-17(2,20-18-13-19)16-11-9-15(10-12-16)14-7-5-4-6-8-14/h4-12H,3H2,1-2H3,(H,18,19). The van der Waals surface area contributed by atoms with Gasteiger partial charge in [-0.1, -0.05) is 61.5 Å². The molecule has 0 aliphatic carbocycles. The zero-order valence-corrected chi connectivity index (χ0v) is 11.7. The van der Waals surface area contributed by atoms with E-state index in [1.54, 1.807) is 6.41 Å². The van der Waals surface area contributed by atoms with Crippen molar-refractivity contribution in [2.75, 3.05) is 0 Å². The largest absolute Gasteiger partial charge is 0.335 e. The topological polar surface area (TPSA) is 38.3 Å². The molecule has 0 saturated carbocycles. The summed E-state index contributed by atoms with van der Waals surface area (Å²) in [4.78, 5) is 15.7. The summed E-state index contributed by atoms with van der Waals surface area (Å²) >= 11 is 0. The van der Waals surface area contributed by atoms with Crippen LogP contribution in [0.3, 0.4) is 0 Å². The van der Waals surface area contributed by atoms with Gasteiger partial charge in [-0.05, 0) is 30.0 Å². The number of rotatable bonds is 6. The summed E-state index contributed by atoms with van der Waals surface area (Å²) in [7, 11) is 0. The van der Waals surface area contributed by atoms with Gasteiger partial charge in [-0.2, -0.15) is 0 Å². The second-order valence-corrected chi connectivity index (χ2v) is 4.83. The summed E-state index contributed by atoms with van der Waals surface area (Å²) < 4.78 is 0. The molecule has 0 heterocycles. The van der Waals surface area contributed by atoms with Crippen LogP contribution in [0.5, 0.6) is 0 Å². The maximum Gasteiger partial charge on any atom is 0.335 e. The minimum absolute atomic E-state index is 0.549. The molecule has 103 valence electrons. The highest BCUT2D eigenvalue weighted by Gasteiger charge is 2.26. The van der Waals surface area contributed by atoms with Gasteiger partial charge in [0.05, 0.1) is 0 Å². The molecule has 1 N–H and O–H groups in total. The number of amides is 1. The van der Waals surface area contributed by atoms with Crippen molar-refractivity contribution in [3.05, 3.63) is 60.2 Å². The average Bonchev–Trinajstić information content (AvgIpc) is 2.53. The Morgan fingerprint density at radius 2 is 1.65 bits per heavy atom. The van der Waals surface area contributed by atoms with E-state index in [1.165, 1.54) is 5.56 Å². The quantitative estimate of drug-likeness (QED) is 0.642. The van der Waals surface area contributed by atoms with Gasteiger partial charge in [0.15, 0.2) is 0 Å². The Morgan fingerprint density at radius 3 is 2.20 bits per heavy atom. The molecule has 2 aromatic carbocycles. The van der Waals surface area contributed by atoms with E-state index in [4.69, 9.17) is 4.84 Å². The predicted octanol–water partition coefficient (Wildman–Crippen LogP) is 3.57. The maximum atomic E-state index is 10.3. The molecule has 3 nitrogen and oxygen atoms in total. The van der Waals surface area contributed by atoms with Crippen LogP contribution in [0.2, 0.25) is 0 Å². The van der Waals surface area contributed by atoms with Gasteiger partial charge in [0.1, 0.15) is 5.60 Å². The lowest BCUT2D eigenvalue weighted by atomic mass is 9.91. The number of hydrogen-bond acceptors (Lipinski definition) is 2. The Hall–Kier alpha value is -2.13. The zero-order chi connectivity index (χ0) is 14.4. The molecule has 1 atom stereocenters. The molecule has 20 heavy (non-hydrogen) atoms. The summed E-state index contributed by atoms with van der Waals surface area (Å²) in [5.74, 6) is 0. The zero-order valence-electron chi connectivity index (χ0n) is 11.7. The number of hydroxylamine groups is 1. The molecular formula is C17H18NO2. The highest BCUT2D eigenvalue weighted by Crippen LogP contribution is 2.29. The van der Waals surface area contributed by atoms with Crippen LogP contribution < -0.4 is 5.48 Å². The van der Waals surface area contributed by atoms with E-state index in [0.717, 1.165) is 17.5 Å². The molecule has 0 aromatic heterocycles. The third-order valence-electron chi connectivity index (χ3n) is 3.60. The lowest BCUT2D eigenvalue weighted by molar-refractivity contribution is -0.0768. The van der Waals surface area contributed by atoms with Crippen LogP contribution in [0.15, 0.2) is 54.6 Å². The molecule has 1 unspecified atom stereocenters. The fourth-order valence-corrected chi connectivity index (χ4v) is 2.11. The average molecular weight is 268 g/mol. The van der Waals surface area contributed by atoms with Crippen LogP contribution in [0.25, 0.3) is 11.1 Å². The summed E-state index contributed by atoms with van der Waals surface area (Å²) in [6.45, 7) is 3.95. The van der Waals surface area contributed by atoms with Crippen LogP contribution >= 0.6 is 0 Å². The number of carbonyl (C=O) groups excluding carboxylic acids is 1. The molecule has 0 bridgehead atoms. The Kier molecular flexibility index (Phi) is 4.53. The molecule has 2 rings (SSSR count). The molecule has 1 radical (unpaired) electrons. The normalized spacial score (nSPS) is 13.5. The minimum atomic E-state index is -0.549. The molecule has 0 saturated heterocycles. The van der Waals surface area contributed by atoms with Gasteiger partial charge >= 0.3 is 6.41 Å². The lowest BCUT2D eigenvalue weighted by Crippen LogP contribution is -2.31. The van der Waals surface area contributed by atoms with Gasteiger partial charge < -0.3 is 0 Å². The molecule has 0 aliphatic rings. The number of hydrogen-bond donors (Lipinski definition) is 1. The van der Waals surface area contributed by atoms with Crippen molar-refractivity contribution in [2.45, 2.75) is 25.9 Å². The summed E-state index contributed by atoms with van der Waals surface area (Å²) in [6, 6.07) is 18.4. The van der Waals surface area contributed by atoms with Crippen molar-refractivity contribution in [1.29, 1.82) is 0 Å². The fourth-order valence-electron chi connectivity index (χ4n) is 2.11. The van der Waals surface area contributed by atoms with E-state index in [0.29, 0.717) is 0 Å². The summed E-state index contributed by atoms with van der Waals surface area (Å²) in [5.41, 5.74) is 4.98. The van der Waals surface area contributed by atoms with E-state index in [2.05, 4.69) is 29.7 Å². The highest BCUT2D eigenvalue weighted by molar-refractivity contribution is 5.63.